The van der Waals surface area contributed by atoms with Gasteiger partial charge in [-0.15, -0.1) is 0 Å². The summed E-state index contributed by atoms with van der Waals surface area (Å²) in [7, 11) is 0. The zero-order valence-electron chi connectivity index (χ0n) is 16.1. The highest BCUT2D eigenvalue weighted by molar-refractivity contribution is 5.76. The number of nitrogens with two attached hydrogens (primary N) is 1. The summed E-state index contributed by atoms with van der Waals surface area (Å²) in [6, 6.07) is 10.7. The number of rotatable bonds is 7. The summed E-state index contributed by atoms with van der Waals surface area (Å²) in [5, 5.41) is 17.8. The largest absolute Gasteiger partial charge is 0.393 e. The van der Waals surface area contributed by atoms with Crippen LogP contribution in [0.3, 0.4) is 0 Å². The zero-order chi connectivity index (χ0) is 20.6. The van der Waals surface area contributed by atoms with E-state index in [9.17, 15) is 4.39 Å². The molecular formula is C20H23FN8. The number of aromatic nitrogens is 2. The molecule has 0 bridgehead atoms. The first-order chi connectivity index (χ1) is 14.1. The van der Waals surface area contributed by atoms with E-state index in [-0.39, 0.29) is 5.82 Å². The summed E-state index contributed by atoms with van der Waals surface area (Å²) >= 11 is 0. The first-order valence-electron chi connectivity index (χ1n) is 9.49. The van der Waals surface area contributed by atoms with E-state index in [1.54, 1.807) is 12.1 Å². The van der Waals surface area contributed by atoms with Crippen LogP contribution in [0, 0.1) is 28.5 Å². The molecule has 150 valence electrons. The van der Waals surface area contributed by atoms with Crippen molar-refractivity contribution >= 4 is 23.0 Å². The Morgan fingerprint density at radius 1 is 0.966 bits per heavy atom. The van der Waals surface area contributed by atoms with Gasteiger partial charge in [-0.05, 0) is 24.3 Å². The van der Waals surface area contributed by atoms with Gasteiger partial charge in [0.25, 0.3) is 0 Å². The van der Waals surface area contributed by atoms with E-state index < -0.39 is 0 Å². The molecule has 0 radical (unpaired) electrons. The van der Waals surface area contributed by atoms with Gasteiger partial charge in [-0.3, -0.25) is 0 Å². The molecule has 1 aromatic carbocycles. The third-order valence-electron chi connectivity index (χ3n) is 4.90. The SMILES string of the molecule is N#CCCN(CCC#N)c1ncnc(N2CCN(c3ccc(F)cc3)CC2)c1N. The van der Waals surface area contributed by atoms with Gasteiger partial charge >= 0.3 is 0 Å². The van der Waals surface area contributed by atoms with E-state index in [4.69, 9.17) is 16.3 Å². The average Bonchev–Trinajstić information content (AvgIpc) is 2.75. The lowest BCUT2D eigenvalue weighted by molar-refractivity contribution is 0.624. The second-order valence-electron chi connectivity index (χ2n) is 6.69. The Kier molecular flexibility index (Phi) is 6.64. The van der Waals surface area contributed by atoms with E-state index >= 15 is 0 Å². The number of benzene rings is 1. The highest BCUT2D eigenvalue weighted by Crippen LogP contribution is 2.30. The molecule has 9 heteroatoms. The molecular weight excluding hydrogens is 371 g/mol. The molecule has 3 rings (SSSR count). The van der Waals surface area contributed by atoms with Gasteiger partial charge in [0.05, 0.1) is 25.0 Å². The molecule has 0 unspecified atom stereocenters. The number of nitrogen functional groups attached to an aromatic ring is 1. The second-order valence-corrected chi connectivity index (χ2v) is 6.69. The lowest BCUT2D eigenvalue weighted by Crippen LogP contribution is -2.47. The van der Waals surface area contributed by atoms with Crippen molar-refractivity contribution < 1.29 is 4.39 Å². The number of anilines is 4. The minimum Gasteiger partial charge on any atom is -0.393 e. The van der Waals surface area contributed by atoms with E-state index in [2.05, 4.69) is 31.9 Å². The van der Waals surface area contributed by atoms with Crippen molar-refractivity contribution in [2.45, 2.75) is 12.8 Å². The Bertz CT molecular complexity index is 876. The van der Waals surface area contributed by atoms with Gasteiger partial charge in [0.15, 0.2) is 11.6 Å². The molecule has 0 spiro atoms. The first-order valence-corrected chi connectivity index (χ1v) is 9.49. The van der Waals surface area contributed by atoms with Gasteiger partial charge in [-0.2, -0.15) is 10.5 Å². The number of piperazine rings is 1. The van der Waals surface area contributed by atoms with E-state index in [0.717, 1.165) is 18.8 Å². The summed E-state index contributed by atoms with van der Waals surface area (Å²) in [6.45, 7) is 3.87. The maximum atomic E-state index is 13.1. The highest BCUT2D eigenvalue weighted by atomic mass is 19.1. The fourth-order valence-corrected chi connectivity index (χ4v) is 3.40. The second kappa shape index (κ2) is 9.56. The fraction of sp³-hybridized carbons (Fsp3) is 0.400. The van der Waals surface area contributed by atoms with Crippen LogP contribution in [0.4, 0.5) is 27.4 Å². The molecule has 1 fully saturated rings. The van der Waals surface area contributed by atoms with Crippen LogP contribution >= 0.6 is 0 Å². The average molecular weight is 394 g/mol. The molecule has 0 amide bonds. The van der Waals surface area contributed by atoms with Gasteiger partial charge < -0.3 is 20.4 Å². The molecule has 8 nitrogen and oxygen atoms in total. The van der Waals surface area contributed by atoms with Crippen LogP contribution in [0.15, 0.2) is 30.6 Å². The molecule has 1 aliphatic rings. The number of nitrogens with zero attached hydrogens (tertiary/aromatic N) is 7. The summed E-state index contributed by atoms with van der Waals surface area (Å²) < 4.78 is 13.1. The fourth-order valence-electron chi connectivity index (χ4n) is 3.40. The molecule has 2 aromatic rings. The van der Waals surface area contributed by atoms with Crippen molar-refractivity contribution in [3.05, 3.63) is 36.4 Å². The normalized spacial score (nSPS) is 13.6. The monoisotopic (exact) mass is 394 g/mol. The minimum absolute atomic E-state index is 0.244. The quantitative estimate of drug-likeness (QED) is 0.761. The van der Waals surface area contributed by atoms with Crippen molar-refractivity contribution in [3.8, 4) is 12.1 Å². The first kappa shape index (κ1) is 20.2. The van der Waals surface area contributed by atoms with Crippen LogP contribution in [0.5, 0.6) is 0 Å². The number of halogens is 1. The number of nitriles is 2. The smallest absolute Gasteiger partial charge is 0.157 e. The molecule has 1 saturated heterocycles. The van der Waals surface area contributed by atoms with Crippen molar-refractivity contribution in [1.29, 1.82) is 10.5 Å². The topological polar surface area (TPSA) is 109 Å². The third kappa shape index (κ3) is 4.82. The maximum absolute atomic E-state index is 13.1. The van der Waals surface area contributed by atoms with Crippen LogP contribution in [0.25, 0.3) is 0 Å². The minimum atomic E-state index is -0.244. The van der Waals surface area contributed by atoms with Crippen molar-refractivity contribution in [2.75, 3.05) is 59.7 Å². The molecule has 0 atom stereocenters. The van der Waals surface area contributed by atoms with Gasteiger partial charge in [-0.25, -0.2) is 14.4 Å². The molecule has 0 saturated carbocycles. The standard InChI is InChI=1S/C20H23FN8/c21-16-3-5-17(6-4-16)27-11-13-29(14-12-27)20-18(24)19(25-15-26-20)28(9-1-7-22)10-2-8-23/h3-6,15H,1-2,9-14,24H2. The Morgan fingerprint density at radius 2 is 1.55 bits per heavy atom. The van der Waals surface area contributed by atoms with E-state index in [0.29, 0.717) is 56.3 Å². The molecule has 29 heavy (non-hydrogen) atoms. The Labute approximate surface area is 169 Å². The van der Waals surface area contributed by atoms with Crippen molar-refractivity contribution in [3.63, 3.8) is 0 Å². The van der Waals surface area contributed by atoms with Gasteiger partial charge in [-0.1, -0.05) is 0 Å². The molecule has 0 aliphatic carbocycles. The number of hydrogen-bond acceptors (Lipinski definition) is 8. The summed E-state index contributed by atoms with van der Waals surface area (Å²) in [6.07, 6.45) is 2.11. The molecule has 1 aromatic heterocycles. The van der Waals surface area contributed by atoms with Gasteiger partial charge in [0.1, 0.15) is 17.8 Å². The maximum Gasteiger partial charge on any atom is 0.157 e. The Hall–Kier alpha value is -3.59. The molecule has 2 N–H and O–H groups in total. The number of hydrogen-bond donors (Lipinski definition) is 1. The molecule has 2 heterocycles. The summed E-state index contributed by atoms with van der Waals surface area (Å²) in [4.78, 5) is 14.9. The lowest BCUT2D eigenvalue weighted by atomic mass is 10.2. The van der Waals surface area contributed by atoms with Gasteiger partial charge in [0.2, 0.25) is 0 Å². The van der Waals surface area contributed by atoms with Crippen LogP contribution in [0.2, 0.25) is 0 Å². The Balaban J connectivity index is 1.73. The van der Waals surface area contributed by atoms with Crippen molar-refractivity contribution in [2.24, 2.45) is 0 Å². The highest BCUT2D eigenvalue weighted by Gasteiger charge is 2.23. The van der Waals surface area contributed by atoms with Gasteiger partial charge in [0, 0.05) is 45.0 Å². The van der Waals surface area contributed by atoms with E-state index in [1.165, 1.54) is 18.5 Å². The van der Waals surface area contributed by atoms with Crippen LogP contribution in [-0.4, -0.2) is 49.2 Å². The van der Waals surface area contributed by atoms with E-state index in [1.807, 2.05) is 4.90 Å². The zero-order valence-corrected chi connectivity index (χ0v) is 16.1. The summed E-state index contributed by atoms with van der Waals surface area (Å²) in [5.74, 6) is 0.972. The predicted octanol–water partition coefficient (Wildman–Crippen LogP) is 2.16. The summed E-state index contributed by atoms with van der Waals surface area (Å²) in [5.41, 5.74) is 7.84. The third-order valence-corrected chi connectivity index (χ3v) is 4.90. The molecule has 1 aliphatic heterocycles. The van der Waals surface area contributed by atoms with Crippen LogP contribution < -0.4 is 20.4 Å². The van der Waals surface area contributed by atoms with Crippen LogP contribution in [-0.2, 0) is 0 Å². The Morgan fingerprint density at radius 3 is 2.14 bits per heavy atom. The van der Waals surface area contributed by atoms with Crippen LogP contribution in [0.1, 0.15) is 12.8 Å². The predicted molar refractivity (Wildman–Crippen MR) is 110 cm³/mol. The lowest BCUT2D eigenvalue weighted by Gasteiger charge is -2.37. The van der Waals surface area contributed by atoms with Crippen molar-refractivity contribution in [1.82, 2.24) is 9.97 Å².